The fraction of sp³-hybridized carbons (Fsp3) is 0.318. The third kappa shape index (κ3) is 4.37. The molecule has 2 N–H and O–H groups in total. The molecule has 0 spiro atoms. The van der Waals surface area contributed by atoms with Gasteiger partial charge in [-0.15, -0.1) is 0 Å². The first-order chi connectivity index (χ1) is 15.1. The maximum Gasteiger partial charge on any atom is 0.329 e. The monoisotopic (exact) mass is 458 g/mol. The van der Waals surface area contributed by atoms with E-state index in [-0.39, 0.29) is 4.90 Å². The van der Waals surface area contributed by atoms with Gasteiger partial charge in [0.25, 0.3) is 5.56 Å². The zero-order valence-corrected chi connectivity index (χ0v) is 19.2. The Morgan fingerprint density at radius 3 is 2.41 bits per heavy atom. The lowest BCUT2D eigenvalue weighted by atomic mass is 10.1. The Morgan fingerprint density at radius 1 is 1.09 bits per heavy atom. The molecule has 0 aliphatic rings. The third-order valence-corrected chi connectivity index (χ3v) is 7.48. The van der Waals surface area contributed by atoms with Crippen LogP contribution in [-0.2, 0) is 21.4 Å². The van der Waals surface area contributed by atoms with Crippen LogP contribution in [0.4, 0.5) is 5.69 Å². The molecule has 3 aromatic rings. The Morgan fingerprint density at radius 2 is 1.75 bits per heavy atom. The molecule has 32 heavy (non-hydrogen) atoms. The predicted octanol–water partition coefficient (Wildman–Crippen LogP) is 1.98. The van der Waals surface area contributed by atoms with Crippen LogP contribution in [0.25, 0.3) is 10.9 Å². The van der Waals surface area contributed by atoms with Crippen LogP contribution in [0, 0.1) is 13.8 Å². The molecule has 1 amide bonds. The molecular weight excluding hydrogens is 432 g/mol. The van der Waals surface area contributed by atoms with Gasteiger partial charge >= 0.3 is 5.69 Å². The molecule has 0 radical (unpaired) electrons. The van der Waals surface area contributed by atoms with Crippen molar-refractivity contribution in [2.24, 2.45) is 0 Å². The summed E-state index contributed by atoms with van der Waals surface area (Å²) in [5.41, 5.74) is 0.802. The van der Waals surface area contributed by atoms with Gasteiger partial charge in [-0.05, 0) is 49.2 Å². The first kappa shape index (κ1) is 23.4. The normalized spacial score (nSPS) is 11.8. The van der Waals surface area contributed by atoms with E-state index in [0.29, 0.717) is 40.8 Å². The Labute approximate surface area is 185 Å². The summed E-state index contributed by atoms with van der Waals surface area (Å²) in [5, 5.41) is 2.95. The molecule has 2 aromatic carbocycles. The number of aromatic amines is 1. The summed E-state index contributed by atoms with van der Waals surface area (Å²) in [5.74, 6) is -0.618. The van der Waals surface area contributed by atoms with Crippen LogP contribution >= 0.6 is 0 Å². The van der Waals surface area contributed by atoms with Gasteiger partial charge in [0.1, 0.15) is 6.54 Å². The van der Waals surface area contributed by atoms with Crippen LogP contribution in [-0.4, -0.2) is 41.3 Å². The SMILES string of the molecule is CCN(CC)S(=O)(=O)c1cc(C)c(C)c(NC(=O)Cn2c(=O)[nH]c3ccccc3c2=O)c1. The van der Waals surface area contributed by atoms with Gasteiger partial charge in [-0.2, -0.15) is 4.31 Å². The summed E-state index contributed by atoms with van der Waals surface area (Å²) in [6, 6.07) is 9.51. The Hall–Kier alpha value is -3.24. The van der Waals surface area contributed by atoms with E-state index in [2.05, 4.69) is 10.3 Å². The number of amides is 1. The number of anilines is 1. The van der Waals surface area contributed by atoms with Gasteiger partial charge in [-0.1, -0.05) is 26.0 Å². The van der Waals surface area contributed by atoms with Gasteiger partial charge in [0.15, 0.2) is 0 Å². The molecule has 3 rings (SSSR count). The van der Waals surface area contributed by atoms with Crippen LogP contribution in [0.2, 0.25) is 0 Å². The second-order valence-corrected chi connectivity index (χ2v) is 9.36. The predicted molar refractivity (Wildman–Crippen MR) is 123 cm³/mol. The summed E-state index contributed by atoms with van der Waals surface area (Å²) in [7, 11) is -3.72. The van der Waals surface area contributed by atoms with Gasteiger partial charge < -0.3 is 10.3 Å². The van der Waals surface area contributed by atoms with Crippen LogP contribution in [0.1, 0.15) is 25.0 Å². The second-order valence-electron chi connectivity index (χ2n) is 7.42. The van der Waals surface area contributed by atoms with Crippen LogP contribution < -0.4 is 16.6 Å². The number of fused-ring (bicyclic) bond motifs is 1. The zero-order valence-electron chi connectivity index (χ0n) is 18.4. The van der Waals surface area contributed by atoms with E-state index in [0.717, 1.165) is 4.57 Å². The first-order valence-electron chi connectivity index (χ1n) is 10.2. The zero-order chi connectivity index (χ0) is 23.6. The van der Waals surface area contributed by atoms with Gasteiger partial charge in [0.2, 0.25) is 15.9 Å². The number of sulfonamides is 1. The van der Waals surface area contributed by atoms with E-state index >= 15 is 0 Å². The van der Waals surface area contributed by atoms with E-state index in [1.54, 1.807) is 58.0 Å². The molecule has 0 unspecified atom stereocenters. The molecule has 0 saturated carbocycles. The molecule has 170 valence electrons. The number of hydrogen-bond acceptors (Lipinski definition) is 5. The van der Waals surface area contributed by atoms with Gasteiger partial charge in [0, 0.05) is 18.8 Å². The second kappa shape index (κ2) is 9.09. The molecule has 9 nitrogen and oxygen atoms in total. The summed E-state index contributed by atoms with van der Waals surface area (Å²) in [6.45, 7) is 7.15. The van der Waals surface area contributed by atoms with Crippen molar-refractivity contribution in [2.75, 3.05) is 18.4 Å². The molecule has 0 saturated heterocycles. The first-order valence-corrected chi connectivity index (χ1v) is 11.7. The number of H-pyrrole nitrogens is 1. The lowest BCUT2D eigenvalue weighted by Gasteiger charge is -2.20. The number of rotatable bonds is 7. The number of nitrogens with one attached hydrogen (secondary N) is 2. The van der Waals surface area contributed by atoms with Crippen molar-refractivity contribution in [3.8, 4) is 0 Å². The van der Waals surface area contributed by atoms with Crippen molar-refractivity contribution in [3.05, 3.63) is 68.4 Å². The standard InChI is InChI=1S/C22H26N4O5S/c1-5-25(6-2)32(30,31)16-11-14(3)15(4)19(12-16)23-20(27)13-26-21(28)17-9-7-8-10-18(17)24-22(26)29/h7-12H,5-6,13H2,1-4H3,(H,23,27)(H,24,29). The molecule has 1 aromatic heterocycles. The molecule has 0 aliphatic heterocycles. The smallest absolute Gasteiger partial charge is 0.324 e. The Bertz CT molecular complexity index is 1400. The summed E-state index contributed by atoms with van der Waals surface area (Å²) in [6.07, 6.45) is 0. The molecule has 0 fully saturated rings. The number of aryl methyl sites for hydroxylation is 1. The van der Waals surface area contributed by atoms with Crippen molar-refractivity contribution < 1.29 is 13.2 Å². The molecule has 1 heterocycles. The maximum atomic E-state index is 12.9. The van der Waals surface area contributed by atoms with Crippen molar-refractivity contribution in [1.29, 1.82) is 0 Å². The van der Waals surface area contributed by atoms with E-state index in [4.69, 9.17) is 0 Å². The van der Waals surface area contributed by atoms with Crippen molar-refractivity contribution in [2.45, 2.75) is 39.1 Å². The minimum Gasteiger partial charge on any atom is -0.324 e. The fourth-order valence-corrected chi connectivity index (χ4v) is 5.06. The third-order valence-electron chi connectivity index (χ3n) is 5.45. The quantitative estimate of drug-likeness (QED) is 0.561. The number of nitrogens with zero attached hydrogens (tertiary/aromatic N) is 2. The Kier molecular flexibility index (Phi) is 6.65. The molecule has 0 bridgehead atoms. The number of aromatic nitrogens is 2. The van der Waals surface area contributed by atoms with Gasteiger partial charge in [0.05, 0.1) is 15.8 Å². The van der Waals surface area contributed by atoms with Crippen LogP contribution in [0.15, 0.2) is 50.9 Å². The lowest BCUT2D eigenvalue weighted by Crippen LogP contribution is -2.38. The average Bonchev–Trinajstić information content (AvgIpc) is 2.74. The minimum atomic E-state index is -3.72. The largest absolute Gasteiger partial charge is 0.329 e. The lowest BCUT2D eigenvalue weighted by molar-refractivity contribution is -0.116. The number of hydrogen-bond donors (Lipinski definition) is 2. The maximum absolute atomic E-state index is 12.9. The Balaban J connectivity index is 1.95. The van der Waals surface area contributed by atoms with E-state index in [9.17, 15) is 22.8 Å². The molecule has 0 aliphatic carbocycles. The fourth-order valence-electron chi connectivity index (χ4n) is 3.49. The highest BCUT2D eigenvalue weighted by atomic mass is 32.2. The molecule has 0 atom stereocenters. The highest BCUT2D eigenvalue weighted by Crippen LogP contribution is 2.26. The van der Waals surface area contributed by atoms with Crippen molar-refractivity contribution >= 4 is 32.5 Å². The molecular formula is C22H26N4O5S. The summed E-state index contributed by atoms with van der Waals surface area (Å²) >= 11 is 0. The highest BCUT2D eigenvalue weighted by Gasteiger charge is 2.23. The summed E-state index contributed by atoms with van der Waals surface area (Å²) in [4.78, 5) is 40.4. The van der Waals surface area contributed by atoms with Gasteiger partial charge in [-0.25, -0.2) is 13.2 Å². The van der Waals surface area contributed by atoms with E-state index in [1.165, 1.54) is 10.4 Å². The highest BCUT2D eigenvalue weighted by molar-refractivity contribution is 7.89. The number of benzene rings is 2. The van der Waals surface area contributed by atoms with E-state index in [1.807, 2.05) is 0 Å². The molecule has 10 heteroatoms. The van der Waals surface area contributed by atoms with Crippen molar-refractivity contribution in [1.82, 2.24) is 13.9 Å². The number of carbonyl (C=O) groups excluding carboxylic acids is 1. The topological polar surface area (TPSA) is 121 Å². The number of para-hydroxylation sites is 1. The van der Waals surface area contributed by atoms with E-state index < -0.39 is 33.7 Å². The summed E-state index contributed by atoms with van der Waals surface area (Å²) < 4.78 is 28.0. The van der Waals surface area contributed by atoms with Crippen LogP contribution in [0.3, 0.4) is 0 Å². The number of carbonyl (C=O) groups is 1. The minimum absolute atomic E-state index is 0.0697. The van der Waals surface area contributed by atoms with Crippen LogP contribution in [0.5, 0.6) is 0 Å². The van der Waals surface area contributed by atoms with Gasteiger partial charge in [-0.3, -0.25) is 14.2 Å². The van der Waals surface area contributed by atoms with Crippen molar-refractivity contribution in [3.63, 3.8) is 0 Å². The average molecular weight is 459 g/mol.